The molecule has 4 rings (SSSR count). The molecule has 0 spiro atoms. The SMILES string of the molecule is Nc1cc2[nH]c(=O)[nH]c2cc1O.Nc1cc2[nH]c(=O)[nH]c2cc1O.[Cl-]. The van der Waals surface area contributed by atoms with Crippen molar-refractivity contribution in [2.75, 3.05) is 11.5 Å². The number of hydrogen-bond donors (Lipinski definition) is 8. The van der Waals surface area contributed by atoms with E-state index in [9.17, 15) is 9.59 Å². The molecule has 0 aliphatic rings. The van der Waals surface area contributed by atoms with Crippen LogP contribution in [0, 0.1) is 0 Å². The van der Waals surface area contributed by atoms with Crippen LogP contribution in [0.25, 0.3) is 22.1 Å². The maximum Gasteiger partial charge on any atom is 0.323 e. The number of aromatic hydroxyl groups is 2. The molecule has 11 heteroatoms. The molecule has 10 N–H and O–H groups in total. The minimum absolute atomic E-state index is 0. The van der Waals surface area contributed by atoms with Gasteiger partial charge in [-0.3, -0.25) is 0 Å². The number of fused-ring (bicyclic) bond motifs is 2. The van der Waals surface area contributed by atoms with Crippen molar-refractivity contribution >= 4 is 33.4 Å². The van der Waals surface area contributed by atoms with E-state index in [1.807, 2.05) is 0 Å². The fourth-order valence-electron chi connectivity index (χ4n) is 2.18. The van der Waals surface area contributed by atoms with Crippen molar-refractivity contribution in [2.45, 2.75) is 0 Å². The summed E-state index contributed by atoms with van der Waals surface area (Å²) in [5.41, 5.74) is 13.0. The first-order valence-electron chi connectivity index (χ1n) is 6.74. The van der Waals surface area contributed by atoms with Gasteiger partial charge >= 0.3 is 11.4 Å². The number of nitrogen functional groups attached to an aromatic ring is 2. The molecule has 0 radical (unpaired) electrons. The van der Waals surface area contributed by atoms with Gasteiger partial charge in [-0.2, -0.15) is 0 Å². The topological polar surface area (TPSA) is 190 Å². The average Bonchev–Trinajstić information content (AvgIpc) is 3.01. The van der Waals surface area contributed by atoms with Crippen LogP contribution in [0.15, 0.2) is 33.9 Å². The monoisotopic (exact) mass is 365 g/mol. The second kappa shape index (κ2) is 6.53. The van der Waals surface area contributed by atoms with Crippen LogP contribution in [0.4, 0.5) is 11.4 Å². The largest absolute Gasteiger partial charge is 1.00 e. The Bertz CT molecular complexity index is 980. The molecule has 2 aromatic heterocycles. The molecule has 2 aromatic carbocycles. The van der Waals surface area contributed by atoms with E-state index in [4.69, 9.17) is 21.7 Å². The third kappa shape index (κ3) is 3.53. The Labute approximate surface area is 144 Å². The summed E-state index contributed by atoms with van der Waals surface area (Å²) in [5, 5.41) is 18.3. The minimum Gasteiger partial charge on any atom is -1.00 e. The number of aromatic amines is 4. The summed E-state index contributed by atoms with van der Waals surface area (Å²) >= 11 is 0. The lowest BCUT2D eigenvalue weighted by Gasteiger charge is -1.96. The van der Waals surface area contributed by atoms with Crippen molar-refractivity contribution in [3.63, 3.8) is 0 Å². The molecule has 10 nitrogen and oxygen atoms in total. The molecule has 4 aromatic rings. The Morgan fingerprint density at radius 1 is 0.640 bits per heavy atom. The number of phenolic OH excluding ortho intramolecular Hbond substituents is 2. The molecule has 0 amide bonds. The quantitative estimate of drug-likeness (QED) is 0.123. The number of anilines is 2. The average molecular weight is 366 g/mol. The molecule has 0 fully saturated rings. The Balaban J connectivity index is 0.000000173. The van der Waals surface area contributed by atoms with E-state index in [2.05, 4.69) is 19.9 Å². The summed E-state index contributed by atoms with van der Waals surface area (Å²) in [6.45, 7) is 0. The number of rotatable bonds is 0. The number of benzene rings is 2. The van der Waals surface area contributed by atoms with Crippen molar-refractivity contribution in [1.29, 1.82) is 0 Å². The normalized spacial score (nSPS) is 10.2. The van der Waals surface area contributed by atoms with Crippen LogP contribution >= 0.6 is 0 Å². The van der Waals surface area contributed by atoms with Gasteiger partial charge in [0, 0.05) is 12.1 Å². The van der Waals surface area contributed by atoms with Gasteiger partial charge in [-0.15, -0.1) is 0 Å². The molecule has 0 aliphatic heterocycles. The van der Waals surface area contributed by atoms with Crippen LogP contribution in [0.1, 0.15) is 0 Å². The fraction of sp³-hybridized carbons (Fsp3) is 0. The summed E-state index contributed by atoms with van der Waals surface area (Å²) in [6.07, 6.45) is 0. The van der Waals surface area contributed by atoms with Gasteiger partial charge in [-0.25, -0.2) is 9.59 Å². The predicted molar refractivity (Wildman–Crippen MR) is 90.0 cm³/mol. The van der Waals surface area contributed by atoms with Crippen molar-refractivity contribution < 1.29 is 22.6 Å². The lowest BCUT2D eigenvalue weighted by atomic mass is 10.2. The van der Waals surface area contributed by atoms with E-state index in [1.54, 1.807) is 0 Å². The highest BCUT2D eigenvalue weighted by molar-refractivity contribution is 5.82. The smallest absolute Gasteiger partial charge is 0.323 e. The van der Waals surface area contributed by atoms with Gasteiger partial charge in [0.15, 0.2) is 0 Å². The molecule has 0 bridgehead atoms. The molecule has 0 atom stereocenters. The Hall–Kier alpha value is -3.53. The first-order chi connectivity index (χ1) is 11.3. The zero-order valence-corrected chi connectivity index (χ0v) is 13.3. The maximum absolute atomic E-state index is 10.8. The number of nitrogens with one attached hydrogen (secondary N) is 4. The summed E-state index contributed by atoms with van der Waals surface area (Å²) in [6, 6.07) is 5.82. The van der Waals surface area contributed by atoms with Gasteiger partial charge in [0.05, 0.1) is 33.4 Å². The highest BCUT2D eigenvalue weighted by atomic mass is 35.5. The first-order valence-corrected chi connectivity index (χ1v) is 6.74. The molecule has 2 heterocycles. The number of hydrogen-bond acceptors (Lipinski definition) is 6. The molecule has 0 saturated heterocycles. The van der Waals surface area contributed by atoms with Crippen LogP contribution in [-0.4, -0.2) is 30.1 Å². The summed E-state index contributed by atoms with van der Waals surface area (Å²) in [4.78, 5) is 31.6. The number of imidazole rings is 2. The lowest BCUT2D eigenvalue weighted by molar-refractivity contribution is -0.00000723. The Morgan fingerprint density at radius 2 is 0.920 bits per heavy atom. The number of aromatic nitrogens is 4. The van der Waals surface area contributed by atoms with Crippen LogP contribution in [0.3, 0.4) is 0 Å². The van der Waals surface area contributed by atoms with E-state index in [0.29, 0.717) is 22.1 Å². The molecular formula is C14H14ClN6O4-. The van der Waals surface area contributed by atoms with Gasteiger partial charge in [0.2, 0.25) is 0 Å². The molecule has 0 saturated carbocycles. The second-order valence-corrected chi connectivity index (χ2v) is 5.07. The zero-order chi connectivity index (χ0) is 17.4. The predicted octanol–water partition coefficient (Wildman–Crippen LogP) is -2.71. The van der Waals surface area contributed by atoms with Gasteiger partial charge in [0.25, 0.3) is 0 Å². The van der Waals surface area contributed by atoms with E-state index in [0.717, 1.165) is 0 Å². The minimum atomic E-state index is -0.310. The number of halogens is 1. The highest BCUT2D eigenvalue weighted by Gasteiger charge is 2.03. The third-order valence-electron chi connectivity index (χ3n) is 3.33. The van der Waals surface area contributed by atoms with Crippen molar-refractivity contribution in [1.82, 2.24) is 19.9 Å². The number of nitrogens with two attached hydrogens (primary N) is 2. The highest BCUT2D eigenvalue weighted by Crippen LogP contribution is 2.24. The van der Waals surface area contributed by atoms with Crippen LogP contribution in [0.5, 0.6) is 11.5 Å². The van der Waals surface area contributed by atoms with Gasteiger partial charge in [0.1, 0.15) is 11.5 Å². The summed E-state index contributed by atoms with van der Waals surface area (Å²) < 4.78 is 0. The molecule has 0 unspecified atom stereocenters. The molecule has 132 valence electrons. The van der Waals surface area contributed by atoms with Crippen molar-refractivity contribution in [3.8, 4) is 11.5 Å². The van der Waals surface area contributed by atoms with E-state index in [-0.39, 0.29) is 46.7 Å². The van der Waals surface area contributed by atoms with E-state index >= 15 is 0 Å². The van der Waals surface area contributed by atoms with E-state index in [1.165, 1.54) is 24.3 Å². The van der Waals surface area contributed by atoms with Gasteiger partial charge in [-0.05, 0) is 12.1 Å². The lowest BCUT2D eigenvalue weighted by Crippen LogP contribution is -3.00. The standard InChI is InChI=1S/2C7H7N3O2.ClH/c2*8-3-1-4-5(2-6(3)11)10-7(12)9-4;/h2*1-2,11H,8H2,(H2,9,10,12);1H/p-1. The first kappa shape index (κ1) is 17.8. The van der Waals surface area contributed by atoms with Crippen LogP contribution < -0.4 is 35.3 Å². The van der Waals surface area contributed by atoms with Crippen molar-refractivity contribution in [3.05, 3.63) is 45.2 Å². The summed E-state index contributed by atoms with van der Waals surface area (Å²) in [7, 11) is 0. The molecule has 0 aliphatic carbocycles. The van der Waals surface area contributed by atoms with Crippen molar-refractivity contribution in [2.24, 2.45) is 0 Å². The van der Waals surface area contributed by atoms with E-state index < -0.39 is 0 Å². The number of H-pyrrole nitrogens is 4. The van der Waals surface area contributed by atoms with Crippen LogP contribution in [0.2, 0.25) is 0 Å². The third-order valence-corrected chi connectivity index (χ3v) is 3.33. The van der Waals surface area contributed by atoms with Crippen LogP contribution in [-0.2, 0) is 0 Å². The maximum atomic E-state index is 10.8. The van der Waals surface area contributed by atoms with Gasteiger partial charge < -0.3 is 54.0 Å². The second-order valence-electron chi connectivity index (χ2n) is 5.07. The number of phenols is 2. The fourth-order valence-corrected chi connectivity index (χ4v) is 2.18. The zero-order valence-electron chi connectivity index (χ0n) is 12.6. The van der Waals surface area contributed by atoms with Gasteiger partial charge in [-0.1, -0.05) is 0 Å². The Morgan fingerprint density at radius 3 is 1.24 bits per heavy atom. The molecule has 25 heavy (non-hydrogen) atoms. The Kier molecular flexibility index (Phi) is 4.65. The molecular weight excluding hydrogens is 352 g/mol. The summed E-state index contributed by atoms with van der Waals surface area (Å²) in [5.74, 6) is -0.0597.